The number of aromatic hydroxyl groups is 2. The number of hydrogen-bond acceptors (Lipinski definition) is 6. The Kier molecular flexibility index (Phi) is 4.22. The van der Waals surface area contributed by atoms with Crippen LogP contribution in [0.2, 0.25) is 0 Å². The molecule has 0 saturated heterocycles. The van der Waals surface area contributed by atoms with Crippen molar-refractivity contribution in [3.63, 3.8) is 0 Å². The third kappa shape index (κ3) is 3.32. The highest BCUT2D eigenvalue weighted by molar-refractivity contribution is 5.94. The number of ether oxygens (including phenoxy) is 1. The van der Waals surface area contributed by atoms with Gasteiger partial charge in [0, 0.05) is 11.1 Å². The topological polar surface area (TPSA) is 87.5 Å². The van der Waals surface area contributed by atoms with Crippen LogP contribution in [0.15, 0.2) is 67.0 Å². The van der Waals surface area contributed by atoms with E-state index in [0.717, 1.165) is 27.7 Å². The molecule has 1 heterocycles. The average molecular weight is 359 g/mol. The Morgan fingerprint density at radius 2 is 1.59 bits per heavy atom. The van der Waals surface area contributed by atoms with E-state index in [9.17, 15) is 10.2 Å². The third-order valence-electron chi connectivity index (χ3n) is 4.28. The van der Waals surface area contributed by atoms with Crippen molar-refractivity contribution in [2.24, 2.45) is 0 Å². The quantitative estimate of drug-likeness (QED) is 0.466. The van der Waals surface area contributed by atoms with Gasteiger partial charge in [0.25, 0.3) is 0 Å². The van der Waals surface area contributed by atoms with E-state index >= 15 is 0 Å². The van der Waals surface area contributed by atoms with E-state index in [4.69, 9.17) is 4.74 Å². The first-order valence-corrected chi connectivity index (χ1v) is 8.32. The molecule has 0 spiro atoms. The van der Waals surface area contributed by atoms with Crippen LogP contribution in [-0.2, 0) is 0 Å². The first-order chi connectivity index (χ1) is 13.1. The van der Waals surface area contributed by atoms with Crippen molar-refractivity contribution < 1.29 is 14.9 Å². The van der Waals surface area contributed by atoms with Crippen LogP contribution in [0, 0.1) is 0 Å². The van der Waals surface area contributed by atoms with E-state index in [1.54, 1.807) is 36.4 Å². The van der Waals surface area contributed by atoms with E-state index in [0.29, 0.717) is 11.6 Å². The first-order valence-electron chi connectivity index (χ1n) is 8.32. The standard InChI is InChI=1S/C21H17N3O3/c1-27-20-11-14(3-9-19(20)26)13-2-8-18-17(10-13)21(23-12-22-18)24-15-4-6-16(25)7-5-15/h2-12,25-26H,1H3,(H,22,23,24). The van der Waals surface area contributed by atoms with Gasteiger partial charge in [-0.2, -0.15) is 0 Å². The molecule has 6 heteroatoms. The highest BCUT2D eigenvalue weighted by Gasteiger charge is 2.09. The number of phenols is 2. The van der Waals surface area contributed by atoms with Gasteiger partial charge in [0.2, 0.25) is 0 Å². The molecule has 3 aromatic carbocycles. The van der Waals surface area contributed by atoms with Gasteiger partial charge in [-0.1, -0.05) is 12.1 Å². The van der Waals surface area contributed by atoms with Gasteiger partial charge in [0.1, 0.15) is 17.9 Å². The number of rotatable bonds is 4. The molecule has 0 radical (unpaired) electrons. The molecule has 1 aromatic heterocycles. The molecule has 27 heavy (non-hydrogen) atoms. The molecule has 0 unspecified atom stereocenters. The monoisotopic (exact) mass is 359 g/mol. The first kappa shape index (κ1) is 16.7. The summed E-state index contributed by atoms with van der Waals surface area (Å²) in [7, 11) is 1.52. The number of fused-ring (bicyclic) bond motifs is 1. The Labute approximate surface area is 155 Å². The molecule has 0 fully saturated rings. The summed E-state index contributed by atoms with van der Waals surface area (Å²) in [6.45, 7) is 0. The SMILES string of the molecule is COc1cc(-c2ccc3ncnc(Nc4ccc(O)cc4)c3c2)ccc1O. The number of nitrogens with zero attached hydrogens (tertiary/aromatic N) is 2. The summed E-state index contributed by atoms with van der Waals surface area (Å²) in [5, 5.41) is 23.4. The number of phenolic OH excluding ortho intramolecular Hbond substituents is 2. The molecule has 0 bridgehead atoms. The Morgan fingerprint density at radius 3 is 2.37 bits per heavy atom. The summed E-state index contributed by atoms with van der Waals surface area (Å²) in [5.74, 6) is 1.38. The van der Waals surface area contributed by atoms with Gasteiger partial charge in [-0.25, -0.2) is 9.97 Å². The molecule has 0 aliphatic rings. The largest absolute Gasteiger partial charge is 0.508 e. The van der Waals surface area contributed by atoms with Gasteiger partial charge >= 0.3 is 0 Å². The lowest BCUT2D eigenvalue weighted by Gasteiger charge is -2.11. The van der Waals surface area contributed by atoms with Crippen molar-refractivity contribution in [3.05, 3.63) is 67.0 Å². The van der Waals surface area contributed by atoms with Gasteiger partial charge in [-0.3, -0.25) is 0 Å². The predicted octanol–water partition coefficient (Wildman–Crippen LogP) is 4.46. The van der Waals surface area contributed by atoms with Crippen LogP contribution >= 0.6 is 0 Å². The summed E-state index contributed by atoms with van der Waals surface area (Å²) in [4.78, 5) is 8.68. The number of anilines is 2. The van der Waals surface area contributed by atoms with Gasteiger partial charge in [-0.05, 0) is 59.7 Å². The zero-order valence-corrected chi connectivity index (χ0v) is 14.5. The van der Waals surface area contributed by atoms with Crippen molar-refractivity contribution in [1.29, 1.82) is 0 Å². The fraction of sp³-hybridized carbons (Fsp3) is 0.0476. The van der Waals surface area contributed by atoms with E-state index in [1.807, 2.05) is 24.3 Å². The number of nitrogens with one attached hydrogen (secondary N) is 1. The fourth-order valence-corrected chi connectivity index (χ4v) is 2.87. The Morgan fingerprint density at radius 1 is 0.852 bits per heavy atom. The molecule has 0 aliphatic heterocycles. The smallest absolute Gasteiger partial charge is 0.161 e. The second-order valence-electron chi connectivity index (χ2n) is 6.01. The molecule has 0 saturated carbocycles. The van der Waals surface area contributed by atoms with E-state index in [2.05, 4.69) is 15.3 Å². The minimum absolute atomic E-state index is 0.0973. The number of benzene rings is 3. The van der Waals surface area contributed by atoms with Crippen LogP contribution in [-0.4, -0.2) is 27.3 Å². The highest BCUT2D eigenvalue weighted by atomic mass is 16.5. The molecule has 4 aromatic rings. The zero-order chi connectivity index (χ0) is 18.8. The van der Waals surface area contributed by atoms with Gasteiger partial charge in [0.05, 0.1) is 12.6 Å². The van der Waals surface area contributed by atoms with Crippen molar-refractivity contribution >= 4 is 22.4 Å². The van der Waals surface area contributed by atoms with Crippen molar-refractivity contribution in [3.8, 4) is 28.4 Å². The van der Waals surface area contributed by atoms with E-state index in [1.165, 1.54) is 13.4 Å². The maximum absolute atomic E-state index is 9.81. The van der Waals surface area contributed by atoms with Crippen LogP contribution in [0.4, 0.5) is 11.5 Å². The normalized spacial score (nSPS) is 10.7. The van der Waals surface area contributed by atoms with Gasteiger partial charge in [-0.15, -0.1) is 0 Å². The minimum atomic E-state index is 0.0973. The third-order valence-corrected chi connectivity index (χ3v) is 4.28. The Balaban J connectivity index is 1.78. The molecule has 4 rings (SSSR count). The average Bonchev–Trinajstić information content (AvgIpc) is 2.70. The Hall–Kier alpha value is -3.80. The van der Waals surface area contributed by atoms with Crippen LogP contribution < -0.4 is 10.1 Å². The maximum atomic E-state index is 9.81. The summed E-state index contributed by atoms with van der Waals surface area (Å²) < 4.78 is 5.20. The molecular weight excluding hydrogens is 342 g/mol. The zero-order valence-electron chi connectivity index (χ0n) is 14.5. The maximum Gasteiger partial charge on any atom is 0.161 e. The van der Waals surface area contributed by atoms with Crippen molar-refractivity contribution in [1.82, 2.24) is 9.97 Å². The summed E-state index contributed by atoms with van der Waals surface area (Å²) >= 11 is 0. The van der Waals surface area contributed by atoms with Crippen LogP contribution in [0.1, 0.15) is 0 Å². The second kappa shape index (κ2) is 6.84. The predicted molar refractivity (Wildman–Crippen MR) is 105 cm³/mol. The second-order valence-corrected chi connectivity index (χ2v) is 6.01. The molecule has 134 valence electrons. The lowest BCUT2D eigenvalue weighted by Crippen LogP contribution is -1.96. The molecule has 0 atom stereocenters. The molecular formula is C21H17N3O3. The number of methoxy groups -OCH3 is 1. The number of aromatic nitrogens is 2. The van der Waals surface area contributed by atoms with Crippen LogP contribution in [0.3, 0.4) is 0 Å². The number of hydrogen-bond donors (Lipinski definition) is 3. The minimum Gasteiger partial charge on any atom is -0.508 e. The fourth-order valence-electron chi connectivity index (χ4n) is 2.87. The molecule has 0 amide bonds. The molecule has 0 aliphatic carbocycles. The van der Waals surface area contributed by atoms with Crippen molar-refractivity contribution in [2.75, 3.05) is 12.4 Å². The van der Waals surface area contributed by atoms with Crippen molar-refractivity contribution in [2.45, 2.75) is 0 Å². The molecule has 3 N–H and O–H groups in total. The highest BCUT2D eigenvalue weighted by Crippen LogP contribution is 2.33. The van der Waals surface area contributed by atoms with E-state index in [-0.39, 0.29) is 11.5 Å². The van der Waals surface area contributed by atoms with Gasteiger partial charge < -0.3 is 20.3 Å². The Bertz CT molecular complexity index is 1110. The lowest BCUT2D eigenvalue weighted by molar-refractivity contribution is 0.373. The van der Waals surface area contributed by atoms with Crippen LogP contribution in [0.25, 0.3) is 22.0 Å². The summed E-state index contributed by atoms with van der Waals surface area (Å²) in [6.07, 6.45) is 1.51. The van der Waals surface area contributed by atoms with Crippen LogP contribution in [0.5, 0.6) is 17.2 Å². The summed E-state index contributed by atoms with van der Waals surface area (Å²) in [6, 6.07) is 17.9. The lowest BCUT2D eigenvalue weighted by atomic mass is 10.0. The molecule has 6 nitrogen and oxygen atoms in total. The van der Waals surface area contributed by atoms with E-state index < -0.39 is 0 Å². The summed E-state index contributed by atoms with van der Waals surface area (Å²) in [5.41, 5.74) is 3.47. The van der Waals surface area contributed by atoms with Gasteiger partial charge in [0.15, 0.2) is 11.5 Å².